The molecule has 3 heteroatoms. The Morgan fingerprint density at radius 3 is 2.88 bits per heavy atom. The molecule has 2 fully saturated rings. The van der Waals surface area contributed by atoms with Crippen molar-refractivity contribution in [3.05, 3.63) is 35.9 Å². The van der Waals surface area contributed by atoms with Gasteiger partial charge >= 0.3 is 0 Å². The molecule has 1 aliphatic heterocycles. The van der Waals surface area contributed by atoms with Crippen LogP contribution >= 0.6 is 0 Å². The number of benzene rings is 1. The molecule has 0 spiro atoms. The summed E-state index contributed by atoms with van der Waals surface area (Å²) in [6.07, 6.45) is 1.41. The van der Waals surface area contributed by atoms with Crippen LogP contribution in [0.25, 0.3) is 0 Å². The highest BCUT2D eigenvalue weighted by molar-refractivity contribution is 5.82. The molecule has 0 amide bonds. The quantitative estimate of drug-likeness (QED) is 0.774. The Morgan fingerprint density at radius 1 is 1.24 bits per heavy atom. The van der Waals surface area contributed by atoms with Gasteiger partial charge in [-0.05, 0) is 5.56 Å². The lowest BCUT2D eigenvalue weighted by molar-refractivity contribution is -0.118. The van der Waals surface area contributed by atoms with Crippen LogP contribution in [-0.2, 0) is 16.1 Å². The van der Waals surface area contributed by atoms with E-state index in [0.29, 0.717) is 24.7 Å². The number of fused-ring (bicyclic) bond motifs is 1. The Bertz CT molecular complexity index is 404. The number of ether oxygens (including phenoxy) is 1. The maximum Gasteiger partial charge on any atom is 0.137 e. The van der Waals surface area contributed by atoms with E-state index in [9.17, 15) is 4.79 Å². The average Bonchev–Trinajstić information content (AvgIpc) is 2.72. The first-order valence-electron chi connectivity index (χ1n) is 6.24. The molecule has 1 aromatic carbocycles. The minimum Gasteiger partial charge on any atom is -0.375 e. The maximum atomic E-state index is 11.5. The fourth-order valence-electron chi connectivity index (χ4n) is 2.84. The Morgan fingerprint density at radius 2 is 2.06 bits per heavy atom. The van der Waals surface area contributed by atoms with Gasteiger partial charge in [0.1, 0.15) is 5.78 Å². The van der Waals surface area contributed by atoms with Gasteiger partial charge in [-0.2, -0.15) is 0 Å². The van der Waals surface area contributed by atoms with Crippen LogP contribution in [0.5, 0.6) is 0 Å². The first-order chi connectivity index (χ1) is 8.33. The van der Waals surface area contributed by atoms with Crippen LogP contribution in [0.2, 0.25) is 0 Å². The largest absolute Gasteiger partial charge is 0.375 e. The van der Waals surface area contributed by atoms with Crippen LogP contribution in [0.1, 0.15) is 18.4 Å². The second-order valence-electron chi connectivity index (χ2n) is 4.88. The Kier molecular flexibility index (Phi) is 2.95. The highest BCUT2D eigenvalue weighted by atomic mass is 16.5. The van der Waals surface area contributed by atoms with Crippen LogP contribution in [-0.4, -0.2) is 36.0 Å². The Labute approximate surface area is 101 Å². The summed E-state index contributed by atoms with van der Waals surface area (Å²) >= 11 is 0. The zero-order valence-electron chi connectivity index (χ0n) is 9.84. The molecule has 0 N–H and O–H groups in total. The second-order valence-corrected chi connectivity index (χ2v) is 4.88. The van der Waals surface area contributed by atoms with Gasteiger partial charge in [0.15, 0.2) is 0 Å². The van der Waals surface area contributed by atoms with Crippen LogP contribution in [0.15, 0.2) is 30.3 Å². The molecule has 17 heavy (non-hydrogen) atoms. The number of carbonyl (C=O) groups is 1. The summed E-state index contributed by atoms with van der Waals surface area (Å²) in [7, 11) is 0. The van der Waals surface area contributed by atoms with E-state index < -0.39 is 0 Å². The van der Waals surface area contributed by atoms with E-state index in [0.717, 1.165) is 19.7 Å². The average molecular weight is 231 g/mol. The van der Waals surface area contributed by atoms with E-state index in [1.54, 1.807) is 0 Å². The number of carbonyl (C=O) groups excluding carboxylic acids is 1. The molecule has 2 atom stereocenters. The predicted octanol–water partition coefficient (Wildman–Crippen LogP) is 1.62. The lowest BCUT2D eigenvalue weighted by atomic mass is 10.1. The summed E-state index contributed by atoms with van der Waals surface area (Å²) in [4.78, 5) is 13.9. The smallest absolute Gasteiger partial charge is 0.137 e. The van der Waals surface area contributed by atoms with E-state index in [4.69, 9.17) is 4.74 Å². The summed E-state index contributed by atoms with van der Waals surface area (Å²) < 4.78 is 5.68. The van der Waals surface area contributed by atoms with Crippen molar-refractivity contribution in [2.24, 2.45) is 0 Å². The Balaban J connectivity index is 1.72. The van der Waals surface area contributed by atoms with Crippen LogP contribution in [0, 0.1) is 0 Å². The van der Waals surface area contributed by atoms with Crippen molar-refractivity contribution in [1.82, 2.24) is 4.90 Å². The normalized spacial score (nSPS) is 29.3. The van der Waals surface area contributed by atoms with Crippen molar-refractivity contribution < 1.29 is 9.53 Å². The molecule has 3 nitrogen and oxygen atoms in total. The van der Waals surface area contributed by atoms with Gasteiger partial charge in [-0.3, -0.25) is 9.69 Å². The molecular formula is C14H17NO2. The van der Waals surface area contributed by atoms with Crippen LogP contribution < -0.4 is 0 Å². The standard InChI is InChI=1S/C14H17NO2/c16-12-8-13-14(9-12)17-7-6-15(13)10-11-4-2-1-3-5-11/h1-5,13-14H,6-10H2/t13-,14-/m1/s1. The highest BCUT2D eigenvalue weighted by Crippen LogP contribution is 2.28. The summed E-state index contributed by atoms with van der Waals surface area (Å²) in [5.41, 5.74) is 1.31. The fraction of sp³-hybridized carbons (Fsp3) is 0.500. The molecule has 0 aromatic heterocycles. The number of Topliss-reactive ketones (excluding diaryl/α,β-unsaturated/α-hetero) is 1. The minimum absolute atomic E-state index is 0.139. The van der Waals surface area contributed by atoms with Gasteiger partial charge in [0.2, 0.25) is 0 Å². The highest BCUT2D eigenvalue weighted by Gasteiger charge is 2.40. The first-order valence-corrected chi connectivity index (χ1v) is 6.24. The van der Waals surface area contributed by atoms with Gasteiger partial charge < -0.3 is 4.74 Å². The van der Waals surface area contributed by atoms with Gasteiger partial charge in [0.25, 0.3) is 0 Å². The van der Waals surface area contributed by atoms with Crippen molar-refractivity contribution >= 4 is 5.78 Å². The minimum atomic E-state index is 0.139. The monoisotopic (exact) mass is 231 g/mol. The van der Waals surface area contributed by atoms with E-state index in [1.807, 2.05) is 6.07 Å². The van der Waals surface area contributed by atoms with E-state index in [2.05, 4.69) is 29.2 Å². The van der Waals surface area contributed by atoms with Gasteiger partial charge in [0, 0.05) is 32.0 Å². The molecule has 1 saturated heterocycles. The SMILES string of the molecule is O=C1C[C@@H]2[C@@H](C1)OCCN2Cc1ccccc1. The third kappa shape index (κ3) is 2.26. The van der Waals surface area contributed by atoms with Crippen LogP contribution in [0.3, 0.4) is 0 Å². The fourth-order valence-corrected chi connectivity index (χ4v) is 2.84. The van der Waals surface area contributed by atoms with Gasteiger partial charge in [-0.25, -0.2) is 0 Å². The predicted molar refractivity (Wildman–Crippen MR) is 64.6 cm³/mol. The lowest BCUT2D eigenvalue weighted by Crippen LogP contribution is -2.47. The third-order valence-electron chi connectivity index (χ3n) is 3.70. The summed E-state index contributed by atoms with van der Waals surface area (Å²) in [5, 5.41) is 0. The topological polar surface area (TPSA) is 29.5 Å². The van der Waals surface area contributed by atoms with Crippen LogP contribution in [0.4, 0.5) is 0 Å². The number of rotatable bonds is 2. The zero-order chi connectivity index (χ0) is 11.7. The molecular weight excluding hydrogens is 214 g/mol. The van der Waals surface area contributed by atoms with Gasteiger partial charge in [-0.1, -0.05) is 30.3 Å². The molecule has 0 radical (unpaired) electrons. The summed E-state index contributed by atoms with van der Waals surface area (Å²) in [5.74, 6) is 0.347. The molecule has 0 bridgehead atoms. The molecule has 1 aromatic rings. The summed E-state index contributed by atoms with van der Waals surface area (Å²) in [6.45, 7) is 2.61. The van der Waals surface area contributed by atoms with Crippen molar-refractivity contribution in [1.29, 1.82) is 0 Å². The number of ketones is 1. The van der Waals surface area contributed by atoms with E-state index in [-0.39, 0.29) is 6.10 Å². The molecule has 3 rings (SSSR count). The maximum absolute atomic E-state index is 11.5. The third-order valence-corrected chi connectivity index (χ3v) is 3.70. The number of morpholine rings is 1. The molecule has 90 valence electrons. The summed E-state index contributed by atoms with van der Waals surface area (Å²) in [6, 6.07) is 10.7. The second kappa shape index (κ2) is 4.59. The van der Waals surface area contributed by atoms with Gasteiger partial charge in [-0.15, -0.1) is 0 Å². The number of hydrogen-bond acceptors (Lipinski definition) is 3. The van der Waals surface area contributed by atoms with E-state index >= 15 is 0 Å². The number of hydrogen-bond donors (Lipinski definition) is 0. The van der Waals surface area contributed by atoms with Crippen molar-refractivity contribution in [2.75, 3.05) is 13.2 Å². The molecule has 0 unspecified atom stereocenters. The first kappa shape index (κ1) is 10.9. The zero-order valence-corrected chi connectivity index (χ0v) is 9.84. The molecule has 2 aliphatic rings. The van der Waals surface area contributed by atoms with Crippen molar-refractivity contribution in [2.45, 2.75) is 31.5 Å². The van der Waals surface area contributed by atoms with Gasteiger partial charge in [0.05, 0.1) is 12.7 Å². The van der Waals surface area contributed by atoms with Crippen molar-refractivity contribution in [3.8, 4) is 0 Å². The number of nitrogens with zero attached hydrogens (tertiary/aromatic N) is 1. The molecule has 1 heterocycles. The van der Waals surface area contributed by atoms with E-state index in [1.165, 1.54) is 5.56 Å². The Hall–Kier alpha value is -1.19. The molecule has 1 aliphatic carbocycles. The lowest BCUT2D eigenvalue weighted by Gasteiger charge is -2.37. The molecule has 1 saturated carbocycles. The van der Waals surface area contributed by atoms with Crippen molar-refractivity contribution in [3.63, 3.8) is 0 Å².